The molecular weight excluding hydrogens is 368 g/mol. The predicted molar refractivity (Wildman–Crippen MR) is 100 cm³/mol. The summed E-state index contributed by atoms with van der Waals surface area (Å²) < 4.78 is 39.2. The second-order valence-corrected chi connectivity index (χ2v) is 8.67. The van der Waals surface area contributed by atoms with Crippen molar-refractivity contribution in [3.05, 3.63) is 42.2 Å². The summed E-state index contributed by atoms with van der Waals surface area (Å²) in [6, 6.07) is 11.9. The molecule has 1 aromatic heterocycles. The molecule has 0 spiro atoms. The van der Waals surface area contributed by atoms with E-state index in [9.17, 15) is 8.42 Å². The minimum absolute atomic E-state index is 0.433. The second kappa shape index (κ2) is 8.07. The molecule has 2 aromatic rings. The molecule has 2 saturated heterocycles. The van der Waals surface area contributed by atoms with Crippen LogP contribution in [0.15, 0.2) is 40.9 Å². The van der Waals surface area contributed by atoms with E-state index in [0.717, 1.165) is 17.0 Å². The van der Waals surface area contributed by atoms with Crippen LogP contribution >= 0.6 is 0 Å². The van der Waals surface area contributed by atoms with Crippen molar-refractivity contribution in [3.8, 4) is 11.3 Å². The van der Waals surface area contributed by atoms with Crippen molar-refractivity contribution in [1.82, 2.24) is 18.7 Å². The number of hydrogen-bond donors (Lipinski definition) is 0. The average Bonchev–Trinajstić information content (AvgIpc) is 3.18. The van der Waals surface area contributed by atoms with E-state index in [1.165, 1.54) is 4.31 Å². The highest BCUT2D eigenvalue weighted by atomic mass is 32.2. The monoisotopic (exact) mass is 392 g/mol. The van der Waals surface area contributed by atoms with E-state index in [1.807, 2.05) is 36.4 Å². The fourth-order valence-electron chi connectivity index (χ4n) is 3.41. The Labute approximate surface area is 159 Å². The van der Waals surface area contributed by atoms with Crippen LogP contribution in [0.4, 0.5) is 0 Å². The Morgan fingerprint density at radius 2 is 1.59 bits per heavy atom. The zero-order valence-electron chi connectivity index (χ0n) is 15.2. The minimum Gasteiger partial charge on any atom is -0.379 e. The van der Waals surface area contributed by atoms with Crippen LogP contribution in [0.1, 0.15) is 5.76 Å². The Hall–Kier alpha value is -1.78. The SMILES string of the molecule is O=S(=O)(N1CCOCC1)N1CCN(Cc2cc(-c3ccccc3)no2)CC1. The van der Waals surface area contributed by atoms with Crippen molar-refractivity contribution in [2.24, 2.45) is 0 Å². The quantitative estimate of drug-likeness (QED) is 0.756. The number of aromatic nitrogens is 1. The lowest BCUT2D eigenvalue weighted by molar-refractivity contribution is 0.0682. The summed E-state index contributed by atoms with van der Waals surface area (Å²) in [6.07, 6.45) is 0. The van der Waals surface area contributed by atoms with Crippen LogP contribution in [-0.4, -0.2) is 79.6 Å². The van der Waals surface area contributed by atoms with Crippen LogP contribution in [0.2, 0.25) is 0 Å². The summed E-state index contributed by atoms with van der Waals surface area (Å²) in [5, 5.41) is 4.14. The summed E-state index contributed by atoms with van der Waals surface area (Å²) >= 11 is 0. The Balaban J connectivity index is 1.33. The number of nitrogens with zero attached hydrogens (tertiary/aromatic N) is 4. The first kappa shape index (κ1) is 18.6. The third kappa shape index (κ3) is 4.22. The smallest absolute Gasteiger partial charge is 0.282 e. The summed E-state index contributed by atoms with van der Waals surface area (Å²) in [4.78, 5) is 2.20. The van der Waals surface area contributed by atoms with Crippen molar-refractivity contribution in [3.63, 3.8) is 0 Å². The van der Waals surface area contributed by atoms with Gasteiger partial charge in [0.2, 0.25) is 0 Å². The van der Waals surface area contributed by atoms with Crippen LogP contribution < -0.4 is 0 Å². The molecule has 9 heteroatoms. The van der Waals surface area contributed by atoms with Crippen molar-refractivity contribution in [2.45, 2.75) is 6.54 Å². The Kier molecular flexibility index (Phi) is 5.55. The van der Waals surface area contributed by atoms with Crippen molar-refractivity contribution in [2.75, 3.05) is 52.5 Å². The van der Waals surface area contributed by atoms with Crippen LogP contribution in [0.5, 0.6) is 0 Å². The number of rotatable bonds is 5. The highest BCUT2D eigenvalue weighted by molar-refractivity contribution is 7.86. The Morgan fingerprint density at radius 3 is 2.30 bits per heavy atom. The van der Waals surface area contributed by atoms with Crippen LogP contribution in [0, 0.1) is 0 Å². The van der Waals surface area contributed by atoms with Gasteiger partial charge in [0, 0.05) is 50.9 Å². The fourth-order valence-corrected chi connectivity index (χ4v) is 4.97. The molecule has 0 bridgehead atoms. The number of piperazine rings is 1. The molecule has 0 unspecified atom stereocenters. The van der Waals surface area contributed by atoms with Crippen molar-refractivity contribution in [1.29, 1.82) is 0 Å². The summed E-state index contributed by atoms with van der Waals surface area (Å²) in [7, 11) is -3.39. The maximum Gasteiger partial charge on any atom is 0.282 e. The lowest BCUT2D eigenvalue weighted by Gasteiger charge is -2.37. The van der Waals surface area contributed by atoms with Crippen LogP contribution in [0.25, 0.3) is 11.3 Å². The van der Waals surface area contributed by atoms with Gasteiger partial charge in [0.25, 0.3) is 10.2 Å². The van der Waals surface area contributed by atoms with E-state index in [4.69, 9.17) is 9.26 Å². The number of ether oxygens (including phenoxy) is 1. The van der Waals surface area contributed by atoms with Crippen LogP contribution in [-0.2, 0) is 21.5 Å². The largest absolute Gasteiger partial charge is 0.379 e. The maximum absolute atomic E-state index is 12.7. The highest BCUT2D eigenvalue weighted by Crippen LogP contribution is 2.20. The van der Waals surface area contributed by atoms with E-state index in [1.54, 1.807) is 4.31 Å². The number of hydrogen-bond acceptors (Lipinski definition) is 6. The standard InChI is InChI=1S/C18H24N4O4S/c23-27(24,22-10-12-25-13-11-22)21-8-6-20(7-9-21)15-17-14-18(19-26-17)16-4-2-1-3-5-16/h1-5,14H,6-13,15H2. The molecule has 0 amide bonds. The highest BCUT2D eigenvalue weighted by Gasteiger charge is 2.33. The molecule has 3 heterocycles. The lowest BCUT2D eigenvalue weighted by atomic mass is 10.1. The van der Waals surface area contributed by atoms with Gasteiger partial charge in [-0.2, -0.15) is 17.0 Å². The van der Waals surface area contributed by atoms with Gasteiger partial charge in [0.05, 0.1) is 19.8 Å². The lowest BCUT2D eigenvalue weighted by Crippen LogP contribution is -2.54. The molecule has 2 fully saturated rings. The third-order valence-corrected chi connectivity index (χ3v) is 7.00. The minimum atomic E-state index is -3.39. The molecule has 146 valence electrons. The van der Waals surface area contributed by atoms with E-state index >= 15 is 0 Å². The van der Waals surface area contributed by atoms with Gasteiger partial charge in [-0.25, -0.2) is 0 Å². The normalized spacial score (nSPS) is 20.7. The summed E-state index contributed by atoms with van der Waals surface area (Å²) in [5.41, 5.74) is 1.84. The summed E-state index contributed by atoms with van der Waals surface area (Å²) in [5.74, 6) is 0.790. The zero-order chi connectivity index (χ0) is 18.7. The van der Waals surface area contributed by atoms with Crippen LogP contribution in [0.3, 0.4) is 0 Å². The molecule has 0 saturated carbocycles. The molecule has 2 aliphatic heterocycles. The first-order chi connectivity index (χ1) is 13.1. The fraction of sp³-hybridized carbons (Fsp3) is 0.500. The van der Waals surface area contributed by atoms with E-state index in [-0.39, 0.29) is 0 Å². The van der Waals surface area contributed by atoms with Gasteiger partial charge < -0.3 is 9.26 Å². The molecule has 8 nitrogen and oxygen atoms in total. The van der Waals surface area contributed by atoms with Gasteiger partial charge in [-0.15, -0.1) is 0 Å². The molecule has 1 aromatic carbocycles. The van der Waals surface area contributed by atoms with Gasteiger partial charge >= 0.3 is 0 Å². The topological polar surface area (TPSA) is 79.1 Å². The number of morpholine rings is 1. The molecule has 0 N–H and O–H groups in total. The van der Waals surface area contributed by atoms with E-state index < -0.39 is 10.2 Å². The average molecular weight is 392 g/mol. The molecule has 0 radical (unpaired) electrons. The number of benzene rings is 1. The third-order valence-electron chi connectivity index (χ3n) is 4.96. The first-order valence-corrected chi connectivity index (χ1v) is 10.6. The van der Waals surface area contributed by atoms with Gasteiger partial charge in [-0.05, 0) is 0 Å². The molecule has 2 aliphatic rings. The molecule has 0 atom stereocenters. The predicted octanol–water partition coefficient (Wildman–Crippen LogP) is 1.04. The van der Waals surface area contributed by atoms with Crippen molar-refractivity contribution < 1.29 is 17.7 Å². The molecule has 27 heavy (non-hydrogen) atoms. The Morgan fingerprint density at radius 1 is 0.926 bits per heavy atom. The molecular formula is C18H24N4O4S. The summed E-state index contributed by atoms with van der Waals surface area (Å²) in [6.45, 7) is 4.74. The maximum atomic E-state index is 12.7. The van der Waals surface area contributed by atoms with E-state index in [0.29, 0.717) is 59.0 Å². The van der Waals surface area contributed by atoms with Gasteiger partial charge in [0.1, 0.15) is 5.69 Å². The second-order valence-electron chi connectivity index (χ2n) is 6.74. The molecule has 4 rings (SSSR count). The van der Waals surface area contributed by atoms with Gasteiger partial charge in [0.15, 0.2) is 5.76 Å². The first-order valence-electron chi connectivity index (χ1n) is 9.19. The Bertz CT molecular complexity index is 841. The molecule has 0 aliphatic carbocycles. The van der Waals surface area contributed by atoms with Gasteiger partial charge in [-0.1, -0.05) is 35.5 Å². The van der Waals surface area contributed by atoms with Gasteiger partial charge in [-0.3, -0.25) is 4.90 Å². The van der Waals surface area contributed by atoms with Crippen molar-refractivity contribution >= 4 is 10.2 Å². The van der Waals surface area contributed by atoms with E-state index in [2.05, 4.69) is 10.1 Å². The zero-order valence-corrected chi connectivity index (χ0v) is 16.0.